The fourth-order valence-electron chi connectivity index (χ4n) is 5.58. The van der Waals surface area contributed by atoms with Crippen molar-refractivity contribution in [2.75, 3.05) is 6.54 Å². The molecule has 0 saturated carbocycles. The molecule has 1 saturated heterocycles. The summed E-state index contributed by atoms with van der Waals surface area (Å²) >= 11 is 6.05. The third-order valence-corrected chi connectivity index (χ3v) is 8.08. The van der Waals surface area contributed by atoms with Crippen LogP contribution in [0.4, 0.5) is 0 Å². The highest BCUT2D eigenvalue weighted by atomic mass is 35.5. The average Bonchev–Trinajstić information content (AvgIpc) is 3.40. The van der Waals surface area contributed by atoms with Crippen LogP contribution >= 0.6 is 11.6 Å². The number of benzene rings is 3. The van der Waals surface area contributed by atoms with Gasteiger partial charge in [-0.25, -0.2) is 0 Å². The molecular formula is C32H33ClN4O4. The lowest BCUT2D eigenvalue weighted by Gasteiger charge is -2.39. The summed E-state index contributed by atoms with van der Waals surface area (Å²) in [6.07, 6.45) is 3.50. The summed E-state index contributed by atoms with van der Waals surface area (Å²) in [7, 11) is 0. The molecule has 1 aliphatic heterocycles. The Bertz CT molecular complexity index is 1550. The second-order valence-electron chi connectivity index (χ2n) is 10.6. The second-order valence-corrected chi connectivity index (χ2v) is 11.0. The first kappa shape index (κ1) is 28.4. The zero-order valence-electron chi connectivity index (χ0n) is 22.9. The molecule has 4 aromatic rings. The molecule has 9 heteroatoms. The normalized spacial score (nSPS) is 17.8. The molecule has 41 heavy (non-hydrogen) atoms. The summed E-state index contributed by atoms with van der Waals surface area (Å²) in [5.41, 5.74) is 2.94. The van der Waals surface area contributed by atoms with Crippen molar-refractivity contribution in [1.82, 2.24) is 20.0 Å². The lowest BCUT2D eigenvalue weighted by molar-refractivity contribution is -0.148. The van der Waals surface area contributed by atoms with Gasteiger partial charge in [0.05, 0.1) is 23.9 Å². The number of amides is 2. The van der Waals surface area contributed by atoms with Crippen molar-refractivity contribution in [1.29, 1.82) is 0 Å². The summed E-state index contributed by atoms with van der Waals surface area (Å²) in [5.74, 6) is -1.94. The van der Waals surface area contributed by atoms with Crippen molar-refractivity contribution in [3.8, 4) is 0 Å². The van der Waals surface area contributed by atoms with Crippen molar-refractivity contribution >= 4 is 40.3 Å². The lowest BCUT2D eigenvalue weighted by atomic mass is 9.87. The third-order valence-electron chi connectivity index (χ3n) is 7.85. The molecule has 0 bridgehead atoms. The summed E-state index contributed by atoms with van der Waals surface area (Å²) in [5, 5.41) is 18.7. The molecule has 1 aromatic heterocycles. The maximum atomic E-state index is 14.0. The Labute approximate surface area is 243 Å². The molecule has 2 heterocycles. The van der Waals surface area contributed by atoms with Crippen LogP contribution in [0.3, 0.4) is 0 Å². The number of fused-ring (bicyclic) bond motifs is 1. The Morgan fingerprint density at radius 2 is 1.88 bits per heavy atom. The Kier molecular flexibility index (Phi) is 8.69. The van der Waals surface area contributed by atoms with Crippen LogP contribution in [0.1, 0.15) is 53.6 Å². The number of piperidine rings is 1. The largest absolute Gasteiger partial charge is 0.481 e. The van der Waals surface area contributed by atoms with Gasteiger partial charge in [0.1, 0.15) is 0 Å². The number of hydrogen-bond acceptors (Lipinski definition) is 4. The van der Waals surface area contributed by atoms with E-state index < -0.39 is 17.8 Å². The topological polar surface area (TPSA) is 105 Å². The van der Waals surface area contributed by atoms with Gasteiger partial charge in [-0.3, -0.25) is 19.1 Å². The van der Waals surface area contributed by atoms with Gasteiger partial charge < -0.3 is 15.3 Å². The molecule has 2 N–H and O–H groups in total. The third kappa shape index (κ3) is 6.60. The first-order valence-corrected chi connectivity index (χ1v) is 14.3. The number of aromatic nitrogens is 2. The van der Waals surface area contributed by atoms with Crippen LogP contribution in [0.25, 0.3) is 10.9 Å². The molecule has 212 valence electrons. The Morgan fingerprint density at radius 1 is 1.07 bits per heavy atom. The van der Waals surface area contributed by atoms with E-state index in [2.05, 4.69) is 5.32 Å². The van der Waals surface area contributed by atoms with Gasteiger partial charge in [-0.1, -0.05) is 67.1 Å². The van der Waals surface area contributed by atoms with Crippen LogP contribution in [0.2, 0.25) is 5.02 Å². The maximum Gasteiger partial charge on any atom is 0.306 e. The van der Waals surface area contributed by atoms with Crippen LogP contribution in [-0.2, 0) is 22.7 Å². The Hall–Kier alpha value is -4.17. The van der Waals surface area contributed by atoms with Gasteiger partial charge in [0.15, 0.2) is 0 Å². The number of carbonyl (C=O) groups excluding carboxylic acids is 2. The number of nitrogens with zero attached hydrogens (tertiary/aromatic N) is 3. The minimum Gasteiger partial charge on any atom is -0.481 e. The smallest absolute Gasteiger partial charge is 0.306 e. The van der Waals surface area contributed by atoms with Gasteiger partial charge in [-0.15, -0.1) is 0 Å². The van der Waals surface area contributed by atoms with Crippen molar-refractivity contribution in [2.24, 2.45) is 5.92 Å². The number of nitrogens with one attached hydrogen (secondary N) is 1. The van der Waals surface area contributed by atoms with Gasteiger partial charge >= 0.3 is 5.97 Å². The minimum atomic E-state index is -0.795. The number of carbonyl (C=O) groups is 3. The highest BCUT2D eigenvalue weighted by Gasteiger charge is 2.37. The quantitative estimate of drug-likeness (QED) is 0.275. The van der Waals surface area contributed by atoms with Crippen molar-refractivity contribution < 1.29 is 19.5 Å². The predicted octanol–water partition coefficient (Wildman–Crippen LogP) is 5.51. The van der Waals surface area contributed by atoms with Crippen LogP contribution in [-0.4, -0.2) is 50.2 Å². The van der Waals surface area contributed by atoms with Crippen LogP contribution in [0.15, 0.2) is 79.0 Å². The molecule has 3 unspecified atom stereocenters. The fourth-order valence-corrected chi connectivity index (χ4v) is 5.80. The van der Waals surface area contributed by atoms with Crippen molar-refractivity contribution in [3.63, 3.8) is 0 Å². The lowest BCUT2D eigenvalue weighted by Crippen LogP contribution is -2.49. The average molecular weight is 573 g/mol. The van der Waals surface area contributed by atoms with E-state index in [1.807, 2.05) is 72.6 Å². The molecule has 0 aliphatic carbocycles. The number of rotatable bonds is 9. The monoisotopic (exact) mass is 572 g/mol. The highest BCUT2D eigenvalue weighted by molar-refractivity contribution is 6.30. The summed E-state index contributed by atoms with van der Waals surface area (Å²) in [4.78, 5) is 40.3. The van der Waals surface area contributed by atoms with E-state index in [1.54, 1.807) is 22.9 Å². The summed E-state index contributed by atoms with van der Waals surface area (Å²) in [6.45, 7) is 3.10. The molecule has 0 spiro atoms. The number of halogens is 1. The van der Waals surface area contributed by atoms with Gasteiger partial charge in [0.25, 0.3) is 5.91 Å². The van der Waals surface area contributed by atoms with E-state index in [-0.39, 0.29) is 17.9 Å². The van der Waals surface area contributed by atoms with Crippen LogP contribution in [0.5, 0.6) is 0 Å². The second kappa shape index (κ2) is 12.6. The van der Waals surface area contributed by atoms with E-state index in [1.165, 1.54) is 0 Å². The number of hydrogen-bond donors (Lipinski definition) is 2. The van der Waals surface area contributed by atoms with Gasteiger partial charge in [0.2, 0.25) is 5.91 Å². The number of carboxylic acid groups (broad SMARTS) is 1. The van der Waals surface area contributed by atoms with Crippen LogP contribution in [0, 0.1) is 5.92 Å². The zero-order valence-corrected chi connectivity index (χ0v) is 23.6. The van der Waals surface area contributed by atoms with Crippen LogP contribution < -0.4 is 5.32 Å². The Balaban J connectivity index is 1.35. The number of aliphatic carboxylic acids is 1. The molecule has 5 rings (SSSR count). The molecule has 1 fully saturated rings. The van der Waals surface area contributed by atoms with Crippen molar-refractivity contribution in [2.45, 2.75) is 51.2 Å². The van der Waals surface area contributed by atoms with E-state index in [0.717, 1.165) is 16.5 Å². The van der Waals surface area contributed by atoms with Gasteiger partial charge in [-0.05, 0) is 54.7 Å². The maximum absolute atomic E-state index is 14.0. The predicted molar refractivity (Wildman–Crippen MR) is 158 cm³/mol. The number of carboxylic acids is 1. The van der Waals surface area contributed by atoms with E-state index in [0.29, 0.717) is 55.0 Å². The molecule has 1 aliphatic rings. The van der Waals surface area contributed by atoms with Gasteiger partial charge in [0, 0.05) is 41.3 Å². The Morgan fingerprint density at radius 3 is 2.61 bits per heavy atom. The van der Waals surface area contributed by atoms with E-state index >= 15 is 0 Å². The standard InChI is InChI=1S/C32H33ClN4O4/c1-2-27-16-24(32(40)41)13-14-37(27)31(39)28(22-8-4-3-5-9-22)20-36-19-25-12-11-23(17-29(25)35-36)30(38)34-18-21-7-6-10-26(33)15-21/h3-12,15,17,19,24,27-28H,2,13-14,16,18,20H2,1H3,(H,34,38)(H,40,41). The van der Waals surface area contributed by atoms with E-state index in [9.17, 15) is 19.5 Å². The summed E-state index contributed by atoms with van der Waals surface area (Å²) < 4.78 is 1.76. The molecular weight excluding hydrogens is 540 g/mol. The minimum absolute atomic E-state index is 0.0208. The van der Waals surface area contributed by atoms with Gasteiger partial charge in [-0.2, -0.15) is 5.10 Å². The molecule has 2 amide bonds. The number of likely N-dealkylation sites (tertiary alicyclic amines) is 1. The van der Waals surface area contributed by atoms with Crippen molar-refractivity contribution in [3.05, 3.63) is 101 Å². The first-order valence-electron chi connectivity index (χ1n) is 13.9. The first-order chi connectivity index (χ1) is 19.8. The fraction of sp³-hybridized carbons (Fsp3) is 0.312. The zero-order chi connectivity index (χ0) is 28.9. The SMILES string of the molecule is CCC1CC(C(=O)O)CCN1C(=O)C(Cn1cc2ccc(C(=O)NCc3cccc(Cl)c3)cc2n1)c1ccccc1. The summed E-state index contributed by atoms with van der Waals surface area (Å²) in [6, 6.07) is 22.2. The molecule has 0 radical (unpaired) electrons. The molecule has 3 atom stereocenters. The molecule has 8 nitrogen and oxygen atoms in total. The van der Waals surface area contributed by atoms with E-state index in [4.69, 9.17) is 16.7 Å². The molecule has 3 aromatic carbocycles. The highest BCUT2D eigenvalue weighted by Crippen LogP contribution is 2.30.